The van der Waals surface area contributed by atoms with Crippen LogP contribution >= 0.6 is 38.5 Å². The van der Waals surface area contributed by atoms with E-state index in [0.717, 1.165) is 13.6 Å². The van der Waals surface area contributed by atoms with E-state index in [0.29, 0.717) is 29.4 Å². The molecule has 1 amide bonds. The van der Waals surface area contributed by atoms with Gasteiger partial charge in [0.2, 0.25) is 0 Å². The Kier molecular flexibility index (Phi) is 7.70. The molecular weight excluding hydrogens is 515 g/mol. The maximum absolute atomic E-state index is 12.2. The third kappa shape index (κ3) is 5.10. The van der Waals surface area contributed by atoms with Gasteiger partial charge in [-0.25, -0.2) is 5.43 Å². The Bertz CT molecular complexity index is 827. The van der Waals surface area contributed by atoms with E-state index >= 15 is 0 Å². The van der Waals surface area contributed by atoms with Gasteiger partial charge in [0, 0.05) is 15.6 Å². The first kappa shape index (κ1) is 20.5. The van der Waals surface area contributed by atoms with Crippen molar-refractivity contribution in [3.8, 4) is 17.2 Å². The summed E-state index contributed by atoms with van der Waals surface area (Å²) in [5.41, 5.74) is 3.70. The number of methoxy groups -OCH3 is 2. The van der Waals surface area contributed by atoms with Crippen LogP contribution in [-0.4, -0.2) is 32.9 Å². The van der Waals surface area contributed by atoms with Gasteiger partial charge in [0.25, 0.3) is 5.91 Å². The fourth-order valence-electron chi connectivity index (χ4n) is 2.10. The van der Waals surface area contributed by atoms with Gasteiger partial charge < -0.3 is 14.2 Å². The lowest BCUT2D eigenvalue weighted by molar-refractivity contribution is 0.0954. The number of benzene rings is 2. The molecule has 2 rings (SSSR count). The van der Waals surface area contributed by atoms with Crippen LogP contribution in [0.4, 0.5) is 0 Å². The molecule has 6 nitrogen and oxygen atoms in total. The number of ether oxygens (including phenoxy) is 3. The second-order valence-electron chi connectivity index (χ2n) is 5.01. The predicted molar refractivity (Wildman–Crippen MR) is 113 cm³/mol. The molecule has 26 heavy (non-hydrogen) atoms. The molecule has 0 fully saturated rings. The molecule has 0 aliphatic rings. The molecular formula is C18H18BrIN2O4. The van der Waals surface area contributed by atoms with E-state index in [1.165, 1.54) is 6.21 Å². The second kappa shape index (κ2) is 9.77. The highest BCUT2D eigenvalue weighted by Gasteiger charge is 2.10. The monoisotopic (exact) mass is 532 g/mol. The van der Waals surface area contributed by atoms with E-state index in [-0.39, 0.29) is 5.91 Å². The van der Waals surface area contributed by atoms with Crippen LogP contribution < -0.4 is 19.6 Å². The summed E-state index contributed by atoms with van der Waals surface area (Å²) in [5.74, 6) is 1.53. The molecule has 0 aliphatic carbocycles. The zero-order valence-corrected chi connectivity index (χ0v) is 18.3. The molecule has 8 heteroatoms. The fraction of sp³-hybridized carbons (Fsp3) is 0.222. The molecule has 0 saturated carbocycles. The quantitative estimate of drug-likeness (QED) is 0.329. The molecule has 0 aliphatic heterocycles. The lowest BCUT2D eigenvalue weighted by atomic mass is 10.2. The molecule has 0 spiro atoms. The highest BCUT2D eigenvalue weighted by atomic mass is 127. The minimum Gasteiger partial charge on any atom is -0.496 e. The number of nitrogens with one attached hydrogen (secondary N) is 1. The number of amides is 1. The van der Waals surface area contributed by atoms with Crippen LogP contribution in [0.1, 0.15) is 22.8 Å². The van der Waals surface area contributed by atoms with Crippen LogP contribution in [0.25, 0.3) is 0 Å². The van der Waals surface area contributed by atoms with Crippen LogP contribution in [0.15, 0.2) is 39.9 Å². The molecule has 138 valence electrons. The van der Waals surface area contributed by atoms with E-state index in [1.807, 2.05) is 13.0 Å². The van der Waals surface area contributed by atoms with Crippen molar-refractivity contribution >= 4 is 50.6 Å². The van der Waals surface area contributed by atoms with Gasteiger partial charge in [-0.3, -0.25) is 4.79 Å². The van der Waals surface area contributed by atoms with Gasteiger partial charge in [-0.05, 0) is 75.8 Å². The highest BCUT2D eigenvalue weighted by Crippen LogP contribution is 2.32. The molecule has 0 heterocycles. The molecule has 0 atom stereocenters. The number of halogens is 2. The average Bonchev–Trinajstić information content (AvgIpc) is 2.64. The van der Waals surface area contributed by atoms with Gasteiger partial charge in [0.05, 0.1) is 30.6 Å². The zero-order valence-electron chi connectivity index (χ0n) is 14.5. The van der Waals surface area contributed by atoms with Crippen molar-refractivity contribution in [1.29, 1.82) is 0 Å². The maximum atomic E-state index is 12.2. The summed E-state index contributed by atoms with van der Waals surface area (Å²) in [6.07, 6.45) is 1.53. The smallest absolute Gasteiger partial charge is 0.271 e. The summed E-state index contributed by atoms with van der Waals surface area (Å²) in [6.45, 7) is 2.43. The Morgan fingerprint density at radius 3 is 2.58 bits per heavy atom. The summed E-state index contributed by atoms with van der Waals surface area (Å²) in [5, 5.41) is 4.01. The topological polar surface area (TPSA) is 69.2 Å². The van der Waals surface area contributed by atoms with Gasteiger partial charge >= 0.3 is 0 Å². The standard InChI is InChI=1S/C18H18BrIN2O4/c1-4-26-17-9-13(19)12(8-16(17)25-3)10-21-22-18(23)11-5-6-14(20)15(7-11)24-2/h5-10H,4H2,1-3H3,(H,22,23)/b21-10-. The van der Waals surface area contributed by atoms with Gasteiger partial charge in [-0.2, -0.15) is 5.10 Å². The summed E-state index contributed by atoms with van der Waals surface area (Å²) < 4.78 is 17.8. The number of rotatable bonds is 7. The Morgan fingerprint density at radius 1 is 1.19 bits per heavy atom. The van der Waals surface area contributed by atoms with Crippen molar-refractivity contribution < 1.29 is 19.0 Å². The van der Waals surface area contributed by atoms with Crippen LogP contribution in [0.5, 0.6) is 17.2 Å². The molecule has 0 saturated heterocycles. The van der Waals surface area contributed by atoms with Crippen molar-refractivity contribution in [3.63, 3.8) is 0 Å². The largest absolute Gasteiger partial charge is 0.496 e. The highest BCUT2D eigenvalue weighted by molar-refractivity contribution is 14.1. The van der Waals surface area contributed by atoms with E-state index in [2.05, 4.69) is 49.0 Å². The van der Waals surface area contributed by atoms with Crippen LogP contribution in [0.2, 0.25) is 0 Å². The lowest BCUT2D eigenvalue weighted by Gasteiger charge is -2.11. The van der Waals surface area contributed by atoms with Gasteiger partial charge in [-0.15, -0.1) is 0 Å². The Labute approximate surface area is 174 Å². The first-order valence-corrected chi connectivity index (χ1v) is 9.54. The van der Waals surface area contributed by atoms with Crippen LogP contribution in [0.3, 0.4) is 0 Å². The second-order valence-corrected chi connectivity index (χ2v) is 7.02. The van der Waals surface area contributed by atoms with Crippen LogP contribution in [0, 0.1) is 3.57 Å². The molecule has 2 aromatic carbocycles. The third-order valence-electron chi connectivity index (χ3n) is 3.37. The van der Waals surface area contributed by atoms with Crippen molar-refractivity contribution in [3.05, 3.63) is 49.5 Å². The predicted octanol–water partition coefficient (Wildman–Crippen LogP) is 4.23. The SMILES string of the molecule is CCOc1cc(Br)c(/C=N\NC(=O)c2ccc(I)c(OC)c2)cc1OC. The number of hydrazone groups is 1. The Balaban J connectivity index is 2.14. The summed E-state index contributed by atoms with van der Waals surface area (Å²) in [4.78, 5) is 12.2. The Hall–Kier alpha value is -1.81. The molecule has 1 N–H and O–H groups in total. The van der Waals surface area contributed by atoms with Gasteiger partial charge in [0.15, 0.2) is 11.5 Å². The van der Waals surface area contributed by atoms with Gasteiger partial charge in [-0.1, -0.05) is 0 Å². The number of hydrogen-bond acceptors (Lipinski definition) is 5. The molecule has 2 aromatic rings. The first-order chi connectivity index (χ1) is 12.5. The minimum atomic E-state index is -0.329. The normalized spacial score (nSPS) is 10.7. The minimum absolute atomic E-state index is 0.329. The number of carbonyl (C=O) groups excluding carboxylic acids is 1. The molecule has 0 unspecified atom stereocenters. The third-order valence-corrected chi connectivity index (χ3v) is 4.94. The van der Waals surface area contributed by atoms with Crippen LogP contribution in [-0.2, 0) is 0 Å². The van der Waals surface area contributed by atoms with E-state index in [4.69, 9.17) is 14.2 Å². The average molecular weight is 533 g/mol. The zero-order chi connectivity index (χ0) is 19.1. The number of nitrogens with zero attached hydrogens (tertiary/aromatic N) is 1. The maximum Gasteiger partial charge on any atom is 0.271 e. The van der Waals surface area contributed by atoms with Gasteiger partial charge in [0.1, 0.15) is 5.75 Å². The first-order valence-electron chi connectivity index (χ1n) is 7.67. The summed E-state index contributed by atoms with van der Waals surface area (Å²) >= 11 is 5.60. The van der Waals surface area contributed by atoms with E-state index in [1.54, 1.807) is 38.5 Å². The van der Waals surface area contributed by atoms with Crippen molar-refractivity contribution in [2.45, 2.75) is 6.92 Å². The van der Waals surface area contributed by atoms with Crippen molar-refractivity contribution in [1.82, 2.24) is 5.43 Å². The fourth-order valence-corrected chi connectivity index (χ4v) is 3.08. The number of hydrogen-bond donors (Lipinski definition) is 1. The van der Waals surface area contributed by atoms with E-state index < -0.39 is 0 Å². The summed E-state index contributed by atoms with van der Waals surface area (Å²) in [7, 11) is 3.13. The summed E-state index contributed by atoms with van der Waals surface area (Å²) in [6, 6.07) is 8.77. The number of carbonyl (C=O) groups is 1. The van der Waals surface area contributed by atoms with Crippen molar-refractivity contribution in [2.75, 3.05) is 20.8 Å². The lowest BCUT2D eigenvalue weighted by Crippen LogP contribution is -2.17. The molecule has 0 aromatic heterocycles. The molecule has 0 bridgehead atoms. The van der Waals surface area contributed by atoms with E-state index in [9.17, 15) is 4.79 Å². The molecule has 0 radical (unpaired) electrons. The van der Waals surface area contributed by atoms with Crippen molar-refractivity contribution in [2.24, 2.45) is 5.10 Å². The Morgan fingerprint density at radius 2 is 1.92 bits per heavy atom.